The highest BCUT2D eigenvalue weighted by Crippen LogP contribution is 2.09. The van der Waals surface area contributed by atoms with Crippen LogP contribution in [0.1, 0.15) is 6.42 Å². The number of aliphatic hydroxyl groups excluding tert-OH is 2. The number of hydrogen-bond acceptors (Lipinski definition) is 7. The summed E-state index contributed by atoms with van der Waals surface area (Å²) in [5.74, 6) is -0.784. The molecule has 0 saturated carbocycles. The van der Waals surface area contributed by atoms with Gasteiger partial charge in [-0.2, -0.15) is 0 Å². The molecule has 2 unspecified atom stereocenters. The Bertz CT molecular complexity index is 239. The Kier molecular flexibility index (Phi) is 4.32. The van der Waals surface area contributed by atoms with E-state index in [4.69, 9.17) is 14.9 Å². The molecule has 0 radical (unpaired) electrons. The van der Waals surface area contributed by atoms with E-state index in [1.54, 1.807) is 0 Å². The van der Waals surface area contributed by atoms with Crippen LogP contribution >= 0.6 is 0 Å². The van der Waals surface area contributed by atoms with Crippen LogP contribution in [0.2, 0.25) is 0 Å². The summed E-state index contributed by atoms with van der Waals surface area (Å²) in [6.45, 7) is -0.789. The molecule has 0 aromatic heterocycles. The second kappa shape index (κ2) is 5.52. The summed E-state index contributed by atoms with van der Waals surface area (Å²) in [5.41, 5.74) is 0. The van der Waals surface area contributed by atoms with Crippen molar-refractivity contribution in [1.29, 1.82) is 0 Å². The van der Waals surface area contributed by atoms with Gasteiger partial charge in [0, 0.05) is 13.0 Å². The number of cyclic esters (lactones) is 2. The second-order valence-electron chi connectivity index (χ2n) is 2.92. The van der Waals surface area contributed by atoms with Gasteiger partial charge in [0.1, 0.15) is 12.7 Å². The molecule has 1 aliphatic heterocycles. The molecule has 1 rings (SSSR count). The lowest BCUT2D eigenvalue weighted by molar-refractivity contribution is -0.160. The van der Waals surface area contributed by atoms with Crippen molar-refractivity contribution in [2.45, 2.75) is 18.6 Å². The maximum Gasteiger partial charge on any atom is 0.509 e. The number of carbonyl (C=O) groups is 2. The molecular weight excluding hydrogens is 208 g/mol. The van der Waals surface area contributed by atoms with E-state index in [9.17, 15) is 9.59 Å². The molecule has 0 amide bonds. The Labute approximate surface area is 85.5 Å². The second-order valence-corrected chi connectivity index (χ2v) is 2.92. The fourth-order valence-corrected chi connectivity index (χ4v) is 1.02. The zero-order chi connectivity index (χ0) is 11.3. The van der Waals surface area contributed by atoms with Crippen molar-refractivity contribution < 1.29 is 34.0 Å². The molecule has 0 bridgehead atoms. The number of rotatable bonds is 5. The lowest BCUT2D eigenvalue weighted by Gasteiger charge is -2.15. The summed E-state index contributed by atoms with van der Waals surface area (Å²) in [7, 11) is 0. The zero-order valence-electron chi connectivity index (χ0n) is 7.92. The van der Waals surface area contributed by atoms with Gasteiger partial charge in [-0.25, -0.2) is 9.59 Å². The summed E-state index contributed by atoms with van der Waals surface area (Å²) < 4.78 is 13.6. The van der Waals surface area contributed by atoms with Gasteiger partial charge in [0.15, 0.2) is 0 Å². The highest BCUT2D eigenvalue weighted by atomic mass is 16.8. The predicted octanol–water partition coefficient (Wildman–Crippen LogP) is -1.19. The monoisotopic (exact) mass is 220 g/mol. The number of aliphatic hydroxyl groups is 2. The molecular formula is C8H12O7. The van der Waals surface area contributed by atoms with E-state index in [0.29, 0.717) is 0 Å². The fourth-order valence-electron chi connectivity index (χ4n) is 1.02. The predicted molar refractivity (Wildman–Crippen MR) is 44.9 cm³/mol. The van der Waals surface area contributed by atoms with Crippen molar-refractivity contribution in [2.24, 2.45) is 0 Å². The minimum atomic E-state index is -1.08. The Morgan fingerprint density at radius 3 is 2.80 bits per heavy atom. The zero-order valence-corrected chi connectivity index (χ0v) is 7.92. The number of hydrogen-bond donors (Lipinski definition) is 2. The molecule has 2 N–H and O–H groups in total. The van der Waals surface area contributed by atoms with Crippen LogP contribution in [-0.4, -0.2) is 54.4 Å². The SMILES string of the molecule is O=C1OCC(C(=O)OC(CO)CCO)O1. The highest BCUT2D eigenvalue weighted by molar-refractivity contribution is 5.79. The first-order valence-corrected chi connectivity index (χ1v) is 4.43. The maximum atomic E-state index is 11.3. The molecule has 1 aliphatic rings. The van der Waals surface area contributed by atoms with E-state index < -0.39 is 30.9 Å². The average molecular weight is 220 g/mol. The van der Waals surface area contributed by atoms with Gasteiger partial charge >= 0.3 is 12.1 Å². The van der Waals surface area contributed by atoms with E-state index in [0.717, 1.165) is 0 Å². The first-order valence-electron chi connectivity index (χ1n) is 4.43. The normalized spacial score (nSPS) is 21.7. The molecule has 1 fully saturated rings. The van der Waals surface area contributed by atoms with Gasteiger partial charge in [0.2, 0.25) is 6.10 Å². The Balaban J connectivity index is 2.36. The quantitative estimate of drug-likeness (QED) is 0.561. The summed E-state index contributed by atoms with van der Waals surface area (Å²) in [6.07, 6.45) is -2.66. The van der Waals surface area contributed by atoms with Gasteiger partial charge < -0.3 is 24.4 Å². The topological polar surface area (TPSA) is 102 Å². The van der Waals surface area contributed by atoms with Crippen LogP contribution < -0.4 is 0 Å². The Hall–Kier alpha value is -1.34. The fraction of sp³-hybridized carbons (Fsp3) is 0.750. The Morgan fingerprint density at radius 2 is 2.33 bits per heavy atom. The number of carbonyl (C=O) groups excluding carboxylic acids is 2. The van der Waals surface area contributed by atoms with Gasteiger partial charge in [-0.15, -0.1) is 0 Å². The van der Waals surface area contributed by atoms with Crippen molar-refractivity contribution in [1.82, 2.24) is 0 Å². The third-order valence-electron chi connectivity index (χ3n) is 1.79. The minimum Gasteiger partial charge on any atom is -0.457 e. The minimum absolute atomic E-state index is 0.129. The summed E-state index contributed by atoms with van der Waals surface area (Å²) in [5, 5.41) is 17.3. The molecule has 7 nitrogen and oxygen atoms in total. The lowest BCUT2D eigenvalue weighted by atomic mass is 10.3. The Morgan fingerprint density at radius 1 is 1.60 bits per heavy atom. The molecule has 7 heteroatoms. The molecule has 15 heavy (non-hydrogen) atoms. The maximum absolute atomic E-state index is 11.3. The number of ether oxygens (including phenoxy) is 3. The summed E-state index contributed by atoms with van der Waals surface area (Å²) >= 11 is 0. The molecule has 86 valence electrons. The van der Waals surface area contributed by atoms with Crippen LogP contribution in [0.5, 0.6) is 0 Å². The first-order chi connectivity index (χ1) is 7.17. The highest BCUT2D eigenvalue weighted by Gasteiger charge is 2.34. The molecule has 0 aromatic carbocycles. The van der Waals surface area contributed by atoms with E-state index in [1.165, 1.54) is 0 Å². The molecule has 0 aromatic rings. The van der Waals surface area contributed by atoms with Crippen LogP contribution in [0.15, 0.2) is 0 Å². The van der Waals surface area contributed by atoms with Crippen molar-refractivity contribution in [2.75, 3.05) is 19.8 Å². The van der Waals surface area contributed by atoms with Crippen LogP contribution in [0.4, 0.5) is 4.79 Å². The summed E-state index contributed by atoms with van der Waals surface area (Å²) in [4.78, 5) is 21.8. The van der Waals surface area contributed by atoms with E-state index in [2.05, 4.69) is 9.47 Å². The average Bonchev–Trinajstić information content (AvgIpc) is 2.64. The smallest absolute Gasteiger partial charge is 0.457 e. The van der Waals surface area contributed by atoms with E-state index in [1.807, 2.05) is 0 Å². The van der Waals surface area contributed by atoms with Crippen LogP contribution in [0, 0.1) is 0 Å². The van der Waals surface area contributed by atoms with Gasteiger partial charge in [0.05, 0.1) is 6.61 Å². The lowest BCUT2D eigenvalue weighted by Crippen LogP contribution is -2.32. The van der Waals surface area contributed by atoms with Crippen LogP contribution in [0.3, 0.4) is 0 Å². The largest absolute Gasteiger partial charge is 0.509 e. The van der Waals surface area contributed by atoms with Crippen LogP contribution in [0.25, 0.3) is 0 Å². The van der Waals surface area contributed by atoms with Crippen molar-refractivity contribution >= 4 is 12.1 Å². The van der Waals surface area contributed by atoms with Crippen molar-refractivity contribution in [3.8, 4) is 0 Å². The van der Waals surface area contributed by atoms with Gasteiger partial charge in [0.25, 0.3) is 0 Å². The third kappa shape index (κ3) is 3.37. The summed E-state index contributed by atoms with van der Waals surface area (Å²) in [6, 6.07) is 0. The molecule has 0 aliphatic carbocycles. The van der Waals surface area contributed by atoms with Crippen molar-refractivity contribution in [3.05, 3.63) is 0 Å². The number of esters is 1. The van der Waals surface area contributed by atoms with E-state index in [-0.39, 0.29) is 19.6 Å². The standard InChI is InChI=1S/C8H12O7/c9-2-1-5(3-10)14-7(11)6-4-13-8(12)15-6/h5-6,9-10H,1-4H2. The van der Waals surface area contributed by atoms with Crippen LogP contribution in [-0.2, 0) is 19.0 Å². The first kappa shape index (κ1) is 11.7. The molecule has 2 atom stereocenters. The van der Waals surface area contributed by atoms with Gasteiger partial charge in [-0.05, 0) is 0 Å². The molecule has 0 spiro atoms. The molecule has 1 saturated heterocycles. The third-order valence-corrected chi connectivity index (χ3v) is 1.79. The molecule has 1 heterocycles. The van der Waals surface area contributed by atoms with Gasteiger partial charge in [-0.3, -0.25) is 0 Å². The van der Waals surface area contributed by atoms with E-state index >= 15 is 0 Å². The van der Waals surface area contributed by atoms with Gasteiger partial charge in [-0.1, -0.05) is 0 Å². The van der Waals surface area contributed by atoms with Crippen molar-refractivity contribution in [3.63, 3.8) is 0 Å².